The van der Waals surface area contributed by atoms with Gasteiger partial charge in [-0.2, -0.15) is 5.10 Å². The van der Waals surface area contributed by atoms with E-state index in [1.165, 1.54) is 11.1 Å². The molecular formula is C22H22N4O. The summed E-state index contributed by atoms with van der Waals surface area (Å²) in [6, 6.07) is 20.4. The summed E-state index contributed by atoms with van der Waals surface area (Å²) in [7, 11) is 0. The van der Waals surface area contributed by atoms with Gasteiger partial charge in [0.1, 0.15) is 5.82 Å². The van der Waals surface area contributed by atoms with Crippen molar-refractivity contribution in [3.63, 3.8) is 0 Å². The quantitative estimate of drug-likeness (QED) is 0.481. The first kappa shape index (κ1) is 17.2. The minimum absolute atomic E-state index is 0.543. The summed E-state index contributed by atoms with van der Waals surface area (Å²) in [5.74, 6) is 0.543. The highest BCUT2D eigenvalue weighted by Gasteiger charge is 2.08. The molecule has 27 heavy (non-hydrogen) atoms. The van der Waals surface area contributed by atoms with Crippen LogP contribution < -0.4 is 5.73 Å². The Balaban J connectivity index is 1.43. The number of benzene rings is 2. The van der Waals surface area contributed by atoms with Crippen molar-refractivity contribution in [3.05, 3.63) is 78.0 Å². The Kier molecular flexibility index (Phi) is 5.12. The number of hydrogen-bond donors (Lipinski definition) is 2. The van der Waals surface area contributed by atoms with E-state index >= 15 is 0 Å². The van der Waals surface area contributed by atoms with Crippen LogP contribution in [0.25, 0.3) is 22.2 Å². The Labute approximate surface area is 158 Å². The van der Waals surface area contributed by atoms with E-state index in [1.54, 1.807) is 0 Å². The number of nitrogens with two attached hydrogens (primary N) is 1. The fourth-order valence-electron chi connectivity index (χ4n) is 3.24. The van der Waals surface area contributed by atoms with Gasteiger partial charge in [-0.25, -0.2) is 4.98 Å². The standard InChI is InChI=1S/C22H22N4O/c23-22-14-17(7-4-12-27-15-16-5-2-1-3-6-16)19-9-8-18(13-21(19)25-22)20-10-11-24-26-20/h1-3,5-6,8-11,13-14H,4,7,12,15H2,(H2,23,25)(H,24,26). The van der Waals surface area contributed by atoms with Crippen LogP contribution >= 0.6 is 0 Å². The number of fused-ring (bicyclic) bond motifs is 1. The van der Waals surface area contributed by atoms with Gasteiger partial charge in [-0.05, 0) is 42.2 Å². The Morgan fingerprint density at radius 2 is 1.89 bits per heavy atom. The largest absolute Gasteiger partial charge is 0.384 e. The zero-order valence-corrected chi connectivity index (χ0v) is 15.1. The van der Waals surface area contributed by atoms with Gasteiger partial charge >= 0.3 is 0 Å². The minimum atomic E-state index is 0.543. The maximum Gasteiger partial charge on any atom is 0.124 e. The average Bonchev–Trinajstić information content (AvgIpc) is 3.22. The van der Waals surface area contributed by atoms with Gasteiger partial charge in [-0.1, -0.05) is 42.5 Å². The van der Waals surface area contributed by atoms with E-state index in [-0.39, 0.29) is 0 Å². The van der Waals surface area contributed by atoms with E-state index in [0.717, 1.165) is 35.0 Å². The number of hydrogen-bond acceptors (Lipinski definition) is 4. The van der Waals surface area contributed by atoms with E-state index in [0.29, 0.717) is 19.0 Å². The number of nitrogen functional groups attached to an aromatic ring is 1. The van der Waals surface area contributed by atoms with Crippen LogP contribution in [0.4, 0.5) is 5.82 Å². The van der Waals surface area contributed by atoms with Crippen LogP contribution in [0.1, 0.15) is 17.5 Å². The molecule has 2 heterocycles. The number of ether oxygens (including phenoxy) is 1. The molecule has 0 spiro atoms. The van der Waals surface area contributed by atoms with Crippen molar-refractivity contribution >= 4 is 16.7 Å². The van der Waals surface area contributed by atoms with Crippen LogP contribution in [0.15, 0.2) is 66.9 Å². The monoisotopic (exact) mass is 358 g/mol. The number of H-pyrrole nitrogens is 1. The number of nitrogens with one attached hydrogen (secondary N) is 1. The Hall–Kier alpha value is -3.18. The van der Waals surface area contributed by atoms with Gasteiger partial charge in [0, 0.05) is 23.8 Å². The molecule has 136 valence electrons. The van der Waals surface area contributed by atoms with Crippen LogP contribution in [-0.2, 0) is 17.8 Å². The summed E-state index contributed by atoms with van der Waals surface area (Å²) in [4.78, 5) is 4.50. The minimum Gasteiger partial charge on any atom is -0.384 e. The van der Waals surface area contributed by atoms with Crippen LogP contribution in [0.2, 0.25) is 0 Å². The zero-order valence-electron chi connectivity index (χ0n) is 15.1. The second-order valence-electron chi connectivity index (χ2n) is 6.54. The average molecular weight is 358 g/mol. The van der Waals surface area contributed by atoms with Gasteiger partial charge in [0.05, 0.1) is 17.8 Å². The molecular weight excluding hydrogens is 336 g/mol. The number of nitrogens with zero attached hydrogens (tertiary/aromatic N) is 2. The molecule has 0 radical (unpaired) electrons. The lowest BCUT2D eigenvalue weighted by atomic mass is 10.0. The number of rotatable bonds is 7. The summed E-state index contributed by atoms with van der Waals surface area (Å²) in [6.07, 6.45) is 3.65. The highest BCUT2D eigenvalue weighted by atomic mass is 16.5. The third-order valence-electron chi connectivity index (χ3n) is 4.56. The molecule has 4 rings (SSSR count). The van der Waals surface area contributed by atoms with E-state index in [4.69, 9.17) is 10.5 Å². The van der Waals surface area contributed by atoms with Gasteiger partial charge in [0.2, 0.25) is 0 Å². The molecule has 0 atom stereocenters. The van der Waals surface area contributed by atoms with Crippen molar-refractivity contribution in [2.45, 2.75) is 19.4 Å². The number of aromatic nitrogens is 3. The highest BCUT2D eigenvalue weighted by molar-refractivity contribution is 5.87. The third-order valence-corrected chi connectivity index (χ3v) is 4.56. The van der Waals surface area contributed by atoms with Gasteiger partial charge in [-0.3, -0.25) is 5.10 Å². The van der Waals surface area contributed by atoms with Crippen LogP contribution in [-0.4, -0.2) is 21.8 Å². The molecule has 2 aromatic heterocycles. The first-order chi connectivity index (χ1) is 13.3. The third kappa shape index (κ3) is 4.15. The van der Waals surface area contributed by atoms with E-state index in [2.05, 4.69) is 39.4 Å². The van der Waals surface area contributed by atoms with Crippen molar-refractivity contribution in [2.24, 2.45) is 0 Å². The molecule has 5 nitrogen and oxygen atoms in total. The van der Waals surface area contributed by atoms with Crippen molar-refractivity contribution in [1.29, 1.82) is 0 Å². The van der Waals surface area contributed by atoms with Crippen molar-refractivity contribution in [3.8, 4) is 11.3 Å². The molecule has 0 saturated carbocycles. The van der Waals surface area contributed by atoms with Gasteiger partial charge in [-0.15, -0.1) is 0 Å². The lowest BCUT2D eigenvalue weighted by Gasteiger charge is -2.09. The van der Waals surface area contributed by atoms with Crippen molar-refractivity contribution < 1.29 is 4.74 Å². The Bertz CT molecular complexity index is 1010. The molecule has 2 aromatic carbocycles. The fraction of sp³-hybridized carbons (Fsp3) is 0.182. The summed E-state index contributed by atoms with van der Waals surface area (Å²) in [6.45, 7) is 1.36. The molecule has 0 saturated heterocycles. The number of pyridine rings is 1. The number of anilines is 1. The van der Waals surface area contributed by atoms with Crippen molar-refractivity contribution in [1.82, 2.24) is 15.2 Å². The summed E-state index contributed by atoms with van der Waals surface area (Å²) < 4.78 is 5.79. The molecule has 0 unspecified atom stereocenters. The smallest absolute Gasteiger partial charge is 0.124 e. The Morgan fingerprint density at radius 3 is 2.70 bits per heavy atom. The van der Waals surface area contributed by atoms with E-state index in [1.807, 2.05) is 42.6 Å². The molecule has 0 aliphatic carbocycles. The molecule has 5 heteroatoms. The first-order valence-corrected chi connectivity index (χ1v) is 9.10. The molecule has 0 aliphatic rings. The molecule has 0 fully saturated rings. The van der Waals surface area contributed by atoms with Crippen LogP contribution in [0.3, 0.4) is 0 Å². The van der Waals surface area contributed by atoms with Crippen LogP contribution in [0, 0.1) is 0 Å². The lowest BCUT2D eigenvalue weighted by Crippen LogP contribution is -2.00. The first-order valence-electron chi connectivity index (χ1n) is 9.10. The van der Waals surface area contributed by atoms with E-state index in [9.17, 15) is 0 Å². The molecule has 0 amide bonds. The second-order valence-corrected chi connectivity index (χ2v) is 6.54. The van der Waals surface area contributed by atoms with Crippen LogP contribution in [0.5, 0.6) is 0 Å². The number of aromatic amines is 1. The fourth-order valence-corrected chi connectivity index (χ4v) is 3.24. The topological polar surface area (TPSA) is 76.8 Å². The predicted molar refractivity (Wildman–Crippen MR) is 108 cm³/mol. The zero-order chi connectivity index (χ0) is 18.5. The van der Waals surface area contributed by atoms with E-state index < -0.39 is 0 Å². The molecule has 0 aliphatic heterocycles. The summed E-state index contributed by atoms with van der Waals surface area (Å²) >= 11 is 0. The molecule has 0 bridgehead atoms. The van der Waals surface area contributed by atoms with Gasteiger partial charge in [0.25, 0.3) is 0 Å². The Morgan fingerprint density at radius 1 is 1.00 bits per heavy atom. The highest BCUT2D eigenvalue weighted by Crippen LogP contribution is 2.26. The maximum absolute atomic E-state index is 6.04. The molecule has 4 aromatic rings. The van der Waals surface area contributed by atoms with Gasteiger partial charge in [0.15, 0.2) is 0 Å². The SMILES string of the molecule is Nc1cc(CCCOCc2ccccc2)c2ccc(-c3cc[nH]n3)cc2n1. The van der Waals surface area contributed by atoms with Crippen molar-refractivity contribution in [2.75, 3.05) is 12.3 Å². The lowest BCUT2D eigenvalue weighted by molar-refractivity contribution is 0.119. The summed E-state index contributed by atoms with van der Waals surface area (Å²) in [5, 5.41) is 8.21. The summed E-state index contributed by atoms with van der Waals surface area (Å²) in [5.41, 5.74) is 11.3. The second kappa shape index (κ2) is 8.01. The predicted octanol–water partition coefficient (Wildman–Crippen LogP) is 4.36. The maximum atomic E-state index is 6.04. The molecule has 3 N–H and O–H groups in total. The number of aryl methyl sites for hydroxylation is 1. The normalized spacial score (nSPS) is 11.1. The van der Waals surface area contributed by atoms with Gasteiger partial charge < -0.3 is 10.5 Å².